The predicted octanol–water partition coefficient (Wildman–Crippen LogP) is 4.19. The first-order valence-electron chi connectivity index (χ1n) is 9.28. The lowest BCUT2D eigenvalue weighted by atomic mass is 10.1. The first-order valence-corrected chi connectivity index (χ1v) is 11.5. The number of benzene rings is 2. The molecule has 0 bridgehead atoms. The second kappa shape index (κ2) is 9.91. The molecule has 2 aromatic carbocycles. The van der Waals surface area contributed by atoms with E-state index in [0.717, 1.165) is 12.8 Å². The molecular formula is C20H22Cl2N2O4S. The molecule has 1 fully saturated rings. The molecule has 1 aliphatic rings. The maximum atomic E-state index is 13.2. The first kappa shape index (κ1) is 22.1. The molecule has 0 radical (unpaired) electrons. The van der Waals surface area contributed by atoms with Gasteiger partial charge in [-0.3, -0.25) is 4.79 Å². The van der Waals surface area contributed by atoms with Crippen LogP contribution in [0.3, 0.4) is 0 Å². The third-order valence-corrected chi connectivity index (χ3v) is 7.60. The van der Waals surface area contributed by atoms with Gasteiger partial charge in [-0.1, -0.05) is 53.9 Å². The quantitative estimate of drug-likeness (QED) is 0.677. The molecule has 1 heterocycles. The number of halogens is 2. The highest BCUT2D eigenvalue weighted by atomic mass is 35.5. The van der Waals surface area contributed by atoms with Crippen LogP contribution in [0.15, 0.2) is 53.4 Å². The zero-order valence-corrected chi connectivity index (χ0v) is 18.0. The topological polar surface area (TPSA) is 75.7 Å². The standard InChI is InChI=1S/C20H22Cl2N2O4S/c21-17-10-6-11-18(20(17)22)29(26,27)24-12-5-4-9-16(24)13-28-14-19(25)23-15-7-2-1-3-8-15/h1-3,6-8,10-11,16H,4-5,9,12-14H2,(H,23,25). The van der Waals surface area contributed by atoms with Crippen LogP contribution in [0.2, 0.25) is 10.0 Å². The third kappa shape index (κ3) is 5.49. The van der Waals surface area contributed by atoms with Gasteiger partial charge in [0.1, 0.15) is 11.5 Å². The fourth-order valence-electron chi connectivity index (χ4n) is 3.27. The second-order valence-electron chi connectivity index (χ2n) is 6.75. The molecule has 9 heteroatoms. The van der Waals surface area contributed by atoms with Crippen molar-refractivity contribution >= 4 is 44.8 Å². The van der Waals surface area contributed by atoms with Crippen molar-refractivity contribution in [2.24, 2.45) is 0 Å². The number of anilines is 1. The number of rotatable bonds is 7. The molecule has 3 rings (SSSR count). The predicted molar refractivity (Wildman–Crippen MR) is 114 cm³/mol. The van der Waals surface area contributed by atoms with Gasteiger partial charge in [-0.2, -0.15) is 4.31 Å². The molecule has 6 nitrogen and oxygen atoms in total. The molecule has 0 aromatic heterocycles. The summed E-state index contributed by atoms with van der Waals surface area (Å²) in [5, 5.41) is 2.94. The SMILES string of the molecule is O=C(COCC1CCCCN1S(=O)(=O)c1cccc(Cl)c1Cl)Nc1ccccc1. The minimum absolute atomic E-state index is 0.0135. The summed E-state index contributed by atoms with van der Waals surface area (Å²) < 4.78 is 33.3. The van der Waals surface area contributed by atoms with Crippen molar-refractivity contribution in [3.63, 3.8) is 0 Å². The molecule has 1 amide bonds. The molecule has 1 aliphatic heterocycles. The number of hydrogen-bond donors (Lipinski definition) is 1. The van der Waals surface area contributed by atoms with E-state index in [2.05, 4.69) is 5.32 Å². The van der Waals surface area contributed by atoms with Crippen molar-refractivity contribution in [3.05, 3.63) is 58.6 Å². The summed E-state index contributed by atoms with van der Waals surface area (Å²) in [7, 11) is -3.83. The summed E-state index contributed by atoms with van der Waals surface area (Å²) >= 11 is 12.1. The second-order valence-corrected chi connectivity index (χ2v) is 9.39. The van der Waals surface area contributed by atoms with Gasteiger partial charge in [0.25, 0.3) is 0 Å². The van der Waals surface area contributed by atoms with Gasteiger partial charge < -0.3 is 10.1 Å². The van der Waals surface area contributed by atoms with Crippen LogP contribution in [0.5, 0.6) is 0 Å². The number of piperidine rings is 1. The Bertz CT molecular complexity index is 954. The Morgan fingerprint density at radius 1 is 1.10 bits per heavy atom. The first-order chi connectivity index (χ1) is 13.9. The van der Waals surface area contributed by atoms with E-state index in [1.165, 1.54) is 10.4 Å². The Kier molecular flexibility index (Phi) is 7.54. The van der Waals surface area contributed by atoms with Gasteiger partial charge in [-0.05, 0) is 37.1 Å². The van der Waals surface area contributed by atoms with Crippen molar-refractivity contribution in [3.8, 4) is 0 Å². The van der Waals surface area contributed by atoms with Crippen LogP contribution in [0, 0.1) is 0 Å². The minimum atomic E-state index is -3.83. The van der Waals surface area contributed by atoms with Gasteiger partial charge in [-0.15, -0.1) is 0 Å². The van der Waals surface area contributed by atoms with E-state index in [4.69, 9.17) is 27.9 Å². The maximum absolute atomic E-state index is 13.2. The Hall–Kier alpha value is -1.64. The van der Waals surface area contributed by atoms with Crippen LogP contribution in [-0.4, -0.2) is 44.4 Å². The van der Waals surface area contributed by atoms with Crippen molar-refractivity contribution in [1.29, 1.82) is 0 Å². The molecule has 29 heavy (non-hydrogen) atoms. The van der Waals surface area contributed by atoms with Crippen LogP contribution in [0.4, 0.5) is 5.69 Å². The summed E-state index contributed by atoms with van der Waals surface area (Å²) in [5.41, 5.74) is 0.679. The summed E-state index contributed by atoms with van der Waals surface area (Å²) in [4.78, 5) is 12.0. The number of nitrogens with zero attached hydrogens (tertiary/aromatic N) is 1. The largest absolute Gasteiger partial charge is 0.370 e. The monoisotopic (exact) mass is 456 g/mol. The lowest BCUT2D eigenvalue weighted by Gasteiger charge is -2.34. The van der Waals surface area contributed by atoms with E-state index in [0.29, 0.717) is 18.7 Å². The molecule has 1 unspecified atom stereocenters. The maximum Gasteiger partial charge on any atom is 0.250 e. The lowest BCUT2D eigenvalue weighted by molar-refractivity contribution is -0.121. The van der Waals surface area contributed by atoms with Crippen LogP contribution in [0.25, 0.3) is 0 Å². The summed E-state index contributed by atoms with van der Waals surface area (Å²) in [6, 6.07) is 13.2. The number of sulfonamides is 1. The average molecular weight is 457 g/mol. The van der Waals surface area contributed by atoms with Gasteiger partial charge >= 0.3 is 0 Å². The molecule has 156 valence electrons. The van der Waals surface area contributed by atoms with Crippen molar-refractivity contribution in [1.82, 2.24) is 4.31 Å². The molecule has 0 spiro atoms. The zero-order chi connectivity index (χ0) is 20.9. The van der Waals surface area contributed by atoms with Crippen molar-refractivity contribution in [2.45, 2.75) is 30.2 Å². The van der Waals surface area contributed by atoms with Gasteiger partial charge in [0.15, 0.2) is 0 Å². The lowest BCUT2D eigenvalue weighted by Crippen LogP contribution is -2.46. The van der Waals surface area contributed by atoms with Crippen molar-refractivity contribution < 1.29 is 17.9 Å². The summed E-state index contributed by atoms with van der Waals surface area (Å²) in [6.07, 6.45) is 2.29. The third-order valence-electron chi connectivity index (χ3n) is 4.68. The number of nitrogens with one attached hydrogen (secondary N) is 1. The number of amides is 1. The van der Waals surface area contributed by atoms with Crippen LogP contribution in [-0.2, 0) is 19.6 Å². The van der Waals surface area contributed by atoms with Crippen molar-refractivity contribution in [2.75, 3.05) is 25.1 Å². The van der Waals surface area contributed by atoms with Gasteiger partial charge in [0.05, 0.1) is 16.7 Å². The van der Waals surface area contributed by atoms with Gasteiger partial charge in [-0.25, -0.2) is 8.42 Å². The Morgan fingerprint density at radius 3 is 2.62 bits per heavy atom. The van der Waals surface area contributed by atoms with Gasteiger partial charge in [0.2, 0.25) is 15.9 Å². The number of carbonyl (C=O) groups excluding carboxylic acids is 1. The van der Waals surface area contributed by atoms with E-state index in [1.54, 1.807) is 24.3 Å². The molecule has 0 aliphatic carbocycles. The summed E-state index contributed by atoms with van der Waals surface area (Å²) in [6.45, 7) is 0.340. The molecule has 0 saturated carbocycles. The van der Waals surface area contributed by atoms with E-state index in [1.807, 2.05) is 18.2 Å². The molecule has 1 atom stereocenters. The van der Waals surface area contributed by atoms with Gasteiger partial charge in [0, 0.05) is 18.3 Å². The highest BCUT2D eigenvalue weighted by Gasteiger charge is 2.35. The fraction of sp³-hybridized carbons (Fsp3) is 0.350. The molecule has 2 aromatic rings. The number of hydrogen-bond acceptors (Lipinski definition) is 4. The smallest absolute Gasteiger partial charge is 0.250 e. The zero-order valence-electron chi connectivity index (χ0n) is 15.7. The highest BCUT2D eigenvalue weighted by Crippen LogP contribution is 2.33. The van der Waals surface area contributed by atoms with E-state index in [9.17, 15) is 13.2 Å². The van der Waals surface area contributed by atoms with Crippen LogP contribution in [0.1, 0.15) is 19.3 Å². The fourth-order valence-corrected chi connectivity index (χ4v) is 5.69. The Balaban J connectivity index is 1.64. The van der Waals surface area contributed by atoms with E-state index >= 15 is 0 Å². The molecule has 1 N–H and O–H groups in total. The molecular weight excluding hydrogens is 435 g/mol. The van der Waals surface area contributed by atoms with Crippen LogP contribution >= 0.6 is 23.2 Å². The average Bonchev–Trinajstić information content (AvgIpc) is 2.71. The summed E-state index contributed by atoms with van der Waals surface area (Å²) in [5.74, 6) is -0.292. The van der Waals surface area contributed by atoms with E-state index in [-0.39, 0.29) is 40.1 Å². The number of ether oxygens (including phenoxy) is 1. The number of carbonyl (C=O) groups is 1. The minimum Gasteiger partial charge on any atom is -0.370 e. The number of para-hydroxylation sites is 1. The van der Waals surface area contributed by atoms with E-state index < -0.39 is 10.0 Å². The molecule has 1 saturated heterocycles. The van der Waals surface area contributed by atoms with Crippen LogP contribution < -0.4 is 5.32 Å². The Morgan fingerprint density at radius 2 is 1.86 bits per heavy atom. The Labute approximate surface area is 180 Å². The normalized spacial score (nSPS) is 17.8. The highest BCUT2D eigenvalue weighted by molar-refractivity contribution is 7.89.